The number of nitrogens with zero attached hydrogens (tertiary/aromatic N) is 3. The third-order valence-corrected chi connectivity index (χ3v) is 8.50. The Morgan fingerprint density at radius 1 is 0.469 bits per heavy atom. The van der Waals surface area contributed by atoms with Crippen LogP contribution in [0.2, 0.25) is 0 Å². The van der Waals surface area contributed by atoms with Crippen molar-refractivity contribution in [3.05, 3.63) is 199 Å². The predicted molar refractivity (Wildman–Crippen MR) is 208 cm³/mol. The maximum Gasteiger partial charge on any atom is 0.0652 e. The summed E-state index contributed by atoms with van der Waals surface area (Å²) in [4.78, 5) is 2.29. The summed E-state index contributed by atoms with van der Waals surface area (Å²) in [6, 6.07) is 63.3. The van der Waals surface area contributed by atoms with E-state index >= 15 is 0 Å². The molecule has 4 nitrogen and oxygen atoms in total. The molecule has 0 atom stereocenters. The van der Waals surface area contributed by atoms with Gasteiger partial charge in [0.2, 0.25) is 0 Å². The first-order valence-electron chi connectivity index (χ1n) is 16.5. The second kappa shape index (κ2) is 14.6. The van der Waals surface area contributed by atoms with Gasteiger partial charge in [0.05, 0.1) is 17.6 Å². The lowest BCUT2D eigenvalue weighted by Crippen LogP contribution is -2.09. The van der Waals surface area contributed by atoms with E-state index in [-0.39, 0.29) is 0 Å². The zero-order chi connectivity index (χ0) is 33.4. The Kier molecular flexibility index (Phi) is 9.29. The van der Waals surface area contributed by atoms with Gasteiger partial charge in [0, 0.05) is 28.4 Å². The van der Waals surface area contributed by atoms with E-state index in [4.69, 9.17) is 5.10 Å². The summed E-state index contributed by atoms with van der Waals surface area (Å²) in [6.45, 7) is 4.28. The average Bonchev–Trinajstić information content (AvgIpc) is 3.16. The Balaban J connectivity index is 1.09. The molecular weight excluding hydrogens is 597 g/mol. The van der Waals surface area contributed by atoms with Crippen LogP contribution in [0.4, 0.5) is 39.8 Å². The largest absolute Gasteiger partial charge is 0.356 e. The molecule has 0 radical (unpaired) electrons. The summed E-state index contributed by atoms with van der Waals surface area (Å²) < 4.78 is 0. The van der Waals surface area contributed by atoms with Crippen LogP contribution in [0.25, 0.3) is 11.1 Å². The fourth-order valence-corrected chi connectivity index (χ4v) is 5.88. The highest BCUT2D eigenvalue weighted by atomic mass is 15.5. The Labute approximate surface area is 289 Å². The van der Waals surface area contributed by atoms with Crippen LogP contribution in [0.5, 0.6) is 0 Å². The van der Waals surface area contributed by atoms with E-state index in [1.807, 2.05) is 47.6 Å². The van der Waals surface area contributed by atoms with Crippen LogP contribution in [-0.2, 0) is 0 Å². The van der Waals surface area contributed by atoms with Crippen molar-refractivity contribution in [1.29, 1.82) is 0 Å². The zero-order valence-corrected chi connectivity index (χ0v) is 27.7. The van der Waals surface area contributed by atoms with Crippen LogP contribution in [0.15, 0.2) is 187 Å². The number of anilines is 7. The van der Waals surface area contributed by atoms with Gasteiger partial charge in [-0.2, -0.15) is 5.10 Å². The van der Waals surface area contributed by atoms with Crippen LogP contribution in [-0.4, -0.2) is 6.21 Å². The molecule has 0 aliphatic carbocycles. The van der Waals surface area contributed by atoms with Crippen molar-refractivity contribution in [2.24, 2.45) is 5.10 Å². The predicted octanol–water partition coefficient (Wildman–Crippen LogP) is 12.4. The molecule has 0 unspecified atom stereocenters. The molecule has 0 spiro atoms. The molecule has 0 aromatic heterocycles. The van der Waals surface area contributed by atoms with Gasteiger partial charge in [-0.15, -0.1) is 0 Å². The number of nitrogens with one attached hydrogen (secondary N) is 1. The van der Waals surface area contributed by atoms with Gasteiger partial charge in [0.15, 0.2) is 0 Å². The first-order valence-corrected chi connectivity index (χ1v) is 16.5. The van der Waals surface area contributed by atoms with Crippen molar-refractivity contribution in [2.45, 2.75) is 13.8 Å². The number of benzene rings is 7. The van der Waals surface area contributed by atoms with Gasteiger partial charge in [-0.05, 0) is 121 Å². The molecule has 7 aromatic carbocycles. The van der Waals surface area contributed by atoms with Crippen LogP contribution in [0.1, 0.15) is 16.7 Å². The first-order chi connectivity index (χ1) is 24.1. The fourth-order valence-electron chi connectivity index (χ4n) is 5.88. The van der Waals surface area contributed by atoms with Crippen molar-refractivity contribution in [2.75, 3.05) is 15.2 Å². The van der Waals surface area contributed by atoms with E-state index in [0.29, 0.717) is 0 Å². The summed E-state index contributed by atoms with van der Waals surface area (Å²) in [5.41, 5.74) is 13.3. The third-order valence-electron chi connectivity index (χ3n) is 8.50. The lowest BCUT2D eigenvalue weighted by molar-refractivity contribution is 1.09. The van der Waals surface area contributed by atoms with Gasteiger partial charge in [-0.25, -0.2) is 5.01 Å². The molecule has 0 aliphatic rings. The summed E-state index contributed by atoms with van der Waals surface area (Å²) in [6.07, 6.45) is 1.90. The van der Waals surface area contributed by atoms with E-state index in [1.165, 1.54) is 22.3 Å². The van der Waals surface area contributed by atoms with Gasteiger partial charge in [0.25, 0.3) is 0 Å². The normalized spacial score (nSPS) is 11.0. The van der Waals surface area contributed by atoms with Crippen molar-refractivity contribution >= 4 is 46.0 Å². The van der Waals surface area contributed by atoms with Crippen molar-refractivity contribution < 1.29 is 0 Å². The minimum atomic E-state index is 1.01. The minimum Gasteiger partial charge on any atom is -0.356 e. The van der Waals surface area contributed by atoms with Crippen LogP contribution in [0.3, 0.4) is 0 Å². The topological polar surface area (TPSA) is 30.9 Å². The maximum atomic E-state index is 4.84. The quantitative estimate of drug-likeness (QED) is 0.120. The zero-order valence-electron chi connectivity index (χ0n) is 27.7. The highest BCUT2D eigenvalue weighted by molar-refractivity contribution is 5.83. The lowest BCUT2D eigenvalue weighted by atomic mass is 9.99. The molecule has 1 N–H and O–H groups in total. The Morgan fingerprint density at radius 2 is 0.959 bits per heavy atom. The SMILES string of the molecule is Cc1ccc(N(c2ccccc2)c2ccc(-c3cc(Nc4ccc(C=NN(c5ccccc5)c5ccccc5)cc4)ccc3C)cc2)cc1. The van der Waals surface area contributed by atoms with E-state index in [9.17, 15) is 0 Å². The molecular formula is C45H38N4. The fraction of sp³-hybridized carbons (Fsp3) is 0.0444. The molecule has 7 aromatic rings. The van der Waals surface area contributed by atoms with E-state index < -0.39 is 0 Å². The Morgan fingerprint density at radius 3 is 1.53 bits per heavy atom. The molecule has 0 amide bonds. The van der Waals surface area contributed by atoms with Gasteiger partial charge in [-0.1, -0.05) is 103 Å². The molecule has 238 valence electrons. The second-order valence-corrected chi connectivity index (χ2v) is 12.1. The third kappa shape index (κ3) is 7.45. The number of hydrazone groups is 1. The number of aryl methyl sites for hydroxylation is 2. The number of rotatable bonds is 10. The highest BCUT2D eigenvalue weighted by Gasteiger charge is 2.13. The minimum absolute atomic E-state index is 1.01. The van der Waals surface area contributed by atoms with Gasteiger partial charge in [0.1, 0.15) is 0 Å². The molecule has 0 fully saturated rings. The standard InChI is InChI=1S/C45H38N4/c1-34-18-28-41(29-19-34)48(40-12-6-3-7-13-40)42-30-23-37(24-31-42)45-32-39(25-20-35(45)2)47-38-26-21-36(22-27-38)33-46-49(43-14-8-4-9-15-43)44-16-10-5-11-17-44/h3-33,47H,1-2H3. The van der Waals surface area contributed by atoms with Crippen LogP contribution in [0, 0.1) is 13.8 Å². The monoisotopic (exact) mass is 634 g/mol. The van der Waals surface area contributed by atoms with E-state index in [2.05, 4.69) is 170 Å². The van der Waals surface area contributed by atoms with E-state index in [0.717, 1.165) is 45.4 Å². The van der Waals surface area contributed by atoms with Crippen LogP contribution >= 0.6 is 0 Å². The molecule has 4 heteroatoms. The molecule has 0 saturated carbocycles. The second-order valence-electron chi connectivity index (χ2n) is 12.1. The molecule has 0 saturated heterocycles. The summed E-state index contributed by atoms with van der Waals surface area (Å²) in [5.74, 6) is 0. The first kappa shape index (κ1) is 31.2. The average molecular weight is 635 g/mol. The molecule has 0 aliphatic heterocycles. The van der Waals surface area contributed by atoms with Crippen LogP contribution < -0.4 is 15.2 Å². The summed E-state index contributed by atoms with van der Waals surface area (Å²) in [7, 11) is 0. The molecule has 7 rings (SSSR count). The van der Waals surface area contributed by atoms with Gasteiger partial charge >= 0.3 is 0 Å². The molecule has 0 heterocycles. The summed E-state index contributed by atoms with van der Waals surface area (Å²) in [5, 5.41) is 10.4. The Hall–Kier alpha value is -6.39. The molecule has 0 bridgehead atoms. The van der Waals surface area contributed by atoms with Crippen molar-refractivity contribution in [1.82, 2.24) is 0 Å². The maximum absolute atomic E-state index is 4.84. The number of hydrogen-bond acceptors (Lipinski definition) is 4. The van der Waals surface area contributed by atoms with Gasteiger partial charge in [-0.3, -0.25) is 0 Å². The number of hydrogen-bond donors (Lipinski definition) is 1. The Bertz CT molecular complexity index is 2090. The summed E-state index contributed by atoms with van der Waals surface area (Å²) >= 11 is 0. The van der Waals surface area contributed by atoms with Crippen molar-refractivity contribution in [3.63, 3.8) is 0 Å². The van der Waals surface area contributed by atoms with E-state index in [1.54, 1.807) is 0 Å². The molecule has 49 heavy (non-hydrogen) atoms. The highest BCUT2D eigenvalue weighted by Crippen LogP contribution is 2.36. The van der Waals surface area contributed by atoms with Gasteiger partial charge < -0.3 is 10.2 Å². The van der Waals surface area contributed by atoms with Crippen molar-refractivity contribution in [3.8, 4) is 11.1 Å². The number of para-hydroxylation sites is 3. The lowest BCUT2D eigenvalue weighted by Gasteiger charge is -2.26. The smallest absolute Gasteiger partial charge is 0.0652 e.